The normalized spacial score (nSPS) is 27.0. The van der Waals surface area contributed by atoms with Crippen LogP contribution in [0.15, 0.2) is 41.3 Å². The van der Waals surface area contributed by atoms with Crippen LogP contribution in [0.5, 0.6) is 5.75 Å². The van der Waals surface area contributed by atoms with Gasteiger partial charge < -0.3 is 10.1 Å². The fourth-order valence-corrected chi connectivity index (χ4v) is 7.85. The average Bonchev–Trinajstić information content (AvgIpc) is 3.30. The maximum Gasteiger partial charge on any atom is 0.243 e. The second-order valence-corrected chi connectivity index (χ2v) is 11.7. The van der Waals surface area contributed by atoms with E-state index < -0.39 is 10.0 Å². The Bertz CT molecular complexity index is 1050. The van der Waals surface area contributed by atoms with Gasteiger partial charge in [0, 0.05) is 30.1 Å². The van der Waals surface area contributed by atoms with Gasteiger partial charge in [-0.05, 0) is 68.9 Å². The molecule has 1 saturated carbocycles. The van der Waals surface area contributed by atoms with Crippen molar-refractivity contribution >= 4 is 20.8 Å². The van der Waals surface area contributed by atoms with Crippen LogP contribution < -0.4 is 10.1 Å². The minimum absolute atomic E-state index is 0. The third-order valence-corrected chi connectivity index (χ3v) is 9.71. The Balaban J connectivity index is 0.00000259. The lowest BCUT2D eigenvalue weighted by Gasteiger charge is -2.33. The van der Waals surface area contributed by atoms with E-state index in [1.54, 1.807) is 6.07 Å². The van der Waals surface area contributed by atoms with Crippen molar-refractivity contribution in [3.63, 3.8) is 0 Å². The highest BCUT2D eigenvalue weighted by Gasteiger charge is 2.37. The summed E-state index contributed by atoms with van der Waals surface area (Å²) >= 11 is 0. The van der Waals surface area contributed by atoms with Crippen LogP contribution in [0.4, 0.5) is 0 Å². The molecule has 0 aromatic heterocycles. The number of sulfonamides is 1. The smallest absolute Gasteiger partial charge is 0.243 e. The van der Waals surface area contributed by atoms with Gasteiger partial charge in [-0.25, -0.2) is 8.42 Å². The van der Waals surface area contributed by atoms with Gasteiger partial charge in [-0.15, -0.1) is 0 Å². The van der Waals surface area contributed by atoms with Gasteiger partial charge in [0.25, 0.3) is 0 Å². The van der Waals surface area contributed by atoms with Gasteiger partial charge in [-0.1, -0.05) is 51.5 Å². The molecule has 3 aliphatic rings. The molecule has 2 heterocycles. The van der Waals surface area contributed by atoms with E-state index >= 15 is 0 Å². The fourth-order valence-electron chi connectivity index (χ4n) is 6.09. The van der Waals surface area contributed by atoms with Crippen LogP contribution in [-0.2, 0) is 10.0 Å². The molecule has 180 valence electrons. The van der Waals surface area contributed by atoms with E-state index in [2.05, 4.69) is 12.2 Å². The summed E-state index contributed by atoms with van der Waals surface area (Å²) in [6.07, 6.45) is 9.70. The topological polar surface area (TPSA) is 58.6 Å². The van der Waals surface area contributed by atoms with E-state index in [0.29, 0.717) is 29.1 Å². The number of nitrogens with zero attached hydrogens (tertiary/aromatic N) is 1. The monoisotopic (exact) mass is 470 g/mol. The lowest BCUT2D eigenvalue weighted by molar-refractivity contribution is 0.159. The largest absolute Gasteiger partial charge is 0.488 e. The van der Waals surface area contributed by atoms with Crippen LogP contribution in [0.3, 0.4) is 0 Å². The molecule has 4 atom stereocenters. The van der Waals surface area contributed by atoms with Gasteiger partial charge in [0.1, 0.15) is 11.9 Å². The highest BCUT2D eigenvalue weighted by molar-refractivity contribution is 7.89. The number of hydrogen-bond acceptors (Lipinski definition) is 4. The Morgan fingerprint density at radius 1 is 1.09 bits per heavy atom. The van der Waals surface area contributed by atoms with Gasteiger partial charge in [0.15, 0.2) is 0 Å². The highest BCUT2D eigenvalue weighted by Crippen LogP contribution is 2.38. The molecule has 4 unspecified atom stereocenters. The molecule has 2 saturated heterocycles. The molecular formula is C27H38N2O3S. The molecule has 6 heteroatoms. The molecule has 2 bridgehead atoms. The van der Waals surface area contributed by atoms with E-state index in [0.717, 1.165) is 68.7 Å². The van der Waals surface area contributed by atoms with Crippen LogP contribution in [0.25, 0.3) is 10.8 Å². The Hall–Kier alpha value is -1.63. The molecule has 2 aromatic carbocycles. The van der Waals surface area contributed by atoms with Gasteiger partial charge >= 0.3 is 0 Å². The third-order valence-electron chi connectivity index (χ3n) is 7.79. The van der Waals surface area contributed by atoms with Gasteiger partial charge in [0.2, 0.25) is 10.0 Å². The predicted molar refractivity (Wildman–Crippen MR) is 134 cm³/mol. The number of rotatable bonds is 6. The van der Waals surface area contributed by atoms with Crippen molar-refractivity contribution < 1.29 is 13.2 Å². The van der Waals surface area contributed by atoms with Crippen LogP contribution in [0.1, 0.15) is 64.7 Å². The Morgan fingerprint density at radius 2 is 1.91 bits per heavy atom. The summed E-state index contributed by atoms with van der Waals surface area (Å²) in [6, 6.07) is 12.1. The Morgan fingerprint density at radius 3 is 2.70 bits per heavy atom. The average molecular weight is 471 g/mol. The first-order valence-electron chi connectivity index (χ1n) is 12.5. The van der Waals surface area contributed by atoms with E-state index in [-0.39, 0.29) is 19.6 Å². The molecule has 1 aliphatic carbocycles. The molecule has 5 rings (SSSR count). The van der Waals surface area contributed by atoms with Gasteiger partial charge in [-0.3, -0.25) is 0 Å². The van der Waals surface area contributed by atoms with E-state index in [1.807, 2.05) is 34.6 Å². The van der Waals surface area contributed by atoms with Crippen molar-refractivity contribution in [3.05, 3.63) is 43.8 Å². The zero-order valence-corrected chi connectivity index (χ0v) is 20.7. The van der Waals surface area contributed by atoms with Crippen molar-refractivity contribution in [1.82, 2.24) is 9.62 Å². The van der Waals surface area contributed by atoms with Crippen LogP contribution >= 0.6 is 0 Å². The van der Waals surface area contributed by atoms with Gasteiger partial charge in [-0.2, -0.15) is 4.31 Å². The number of nitrogens with one attached hydrogen (secondary N) is 1. The van der Waals surface area contributed by atoms with Crippen LogP contribution in [0, 0.1) is 13.3 Å². The maximum atomic E-state index is 13.9. The van der Waals surface area contributed by atoms with Crippen molar-refractivity contribution in [2.75, 3.05) is 13.1 Å². The zero-order valence-electron chi connectivity index (χ0n) is 19.8. The van der Waals surface area contributed by atoms with Crippen LogP contribution in [0.2, 0.25) is 0 Å². The second-order valence-electron chi connectivity index (χ2n) is 9.85. The van der Waals surface area contributed by atoms with Crippen LogP contribution in [-0.4, -0.2) is 44.0 Å². The predicted octanol–water partition coefficient (Wildman–Crippen LogP) is 5.42. The van der Waals surface area contributed by atoms with E-state index in [4.69, 9.17) is 4.74 Å². The Kier molecular flexibility index (Phi) is 7.66. The van der Waals surface area contributed by atoms with Crippen molar-refractivity contribution in [2.45, 2.75) is 87.8 Å². The summed E-state index contributed by atoms with van der Waals surface area (Å²) in [7, 11) is -3.57. The molecular weight excluding hydrogens is 432 g/mol. The maximum absolute atomic E-state index is 13.9. The van der Waals surface area contributed by atoms with E-state index in [1.165, 1.54) is 6.42 Å². The molecule has 2 aliphatic heterocycles. The first kappa shape index (κ1) is 24.5. The summed E-state index contributed by atoms with van der Waals surface area (Å²) in [5.41, 5.74) is 0. The lowest BCUT2D eigenvalue weighted by atomic mass is 9.84. The van der Waals surface area contributed by atoms with E-state index in [9.17, 15) is 8.42 Å². The minimum Gasteiger partial charge on any atom is -0.488 e. The summed E-state index contributed by atoms with van der Waals surface area (Å²) in [5.74, 6) is 1.38. The molecule has 0 spiro atoms. The van der Waals surface area contributed by atoms with Crippen molar-refractivity contribution in [1.29, 1.82) is 0 Å². The third kappa shape index (κ3) is 4.94. The summed E-state index contributed by atoms with van der Waals surface area (Å²) in [6.45, 7) is 3.80. The first-order valence-corrected chi connectivity index (χ1v) is 13.9. The molecule has 1 N–H and O–H groups in total. The number of ether oxygens (including phenoxy) is 1. The van der Waals surface area contributed by atoms with Gasteiger partial charge in [0.05, 0.1) is 4.90 Å². The molecule has 2 aromatic rings. The fraction of sp³-hybridized carbons (Fsp3) is 0.593. The quantitative estimate of drug-likeness (QED) is 0.612. The lowest BCUT2D eigenvalue weighted by Crippen LogP contribution is -2.41. The number of benzene rings is 2. The summed E-state index contributed by atoms with van der Waals surface area (Å²) in [5, 5.41) is 5.46. The summed E-state index contributed by atoms with van der Waals surface area (Å²) in [4.78, 5) is 0.379. The molecule has 3 fully saturated rings. The highest BCUT2D eigenvalue weighted by atomic mass is 32.2. The number of fused-ring (bicyclic) bond motifs is 3. The number of hydrogen-bond donors (Lipinski definition) is 1. The van der Waals surface area contributed by atoms with Crippen molar-refractivity contribution in [2.24, 2.45) is 5.92 Å². The standard InChI is InChI=1S/C26H36N2O3S.CH2/c1-2-25(24-13-6-14-27-24)31-26-18-22(17-20-10-3-4-12-23(20)26)32(29,30)28-15-7-9-19-8-5-11-21(28)16-19;/h3-4,10,12,17-19,21,24-25,27H,2,5-9,11,13-16H2,1H3;1H2. The molecule has 0 amide bonds. The molecule has 2 radical (unpaired) electrons. The molecule has 33 heavy (non-hydrogen) atoms. The SMILES string of the molecule is CCC(Oc1cc(S(=O)(=O)N2CCCC3CCCC2C3)cc2ccccc12)C1CCCN1.[CH2]. The van der Waals surface area contributed by atoms with Crippen molar-refractivity contribution in [3.8, 4) is 5.75 Å². The zero-order chi connectivity index (χ0) is 22.1. The molecule has 5 nitrogen and oxygen atoms in total. The summed E-state index contributed by atoms with van der Waals surface area (Å²) < 4.78 is 36.2. The second kappa shape index (κ2) is 10.3. The Labute approximate surface area is 199 Å². The first-order chi connectivity index (χ1) is 15.6. The minimum atomic E-state index is -3.57.